The lowest BCUT2D eigenvalue weighted by atomic mass is 9.94. The molecule has 0 saturated carbocycles. The molecule has 0 aromatic carbocycles. The van der Waals surface area contributed by atoms with Crippen LogP contribution in [0, 0.1) is 0 Å². The predicted octanol–water partition coefficient (Wildman–Crippen LogP) is 2.21. The number of nitrogens with one attached hydrogen (secondary N) is 1. The summed E-state index contributed by atoms with van der Waals surface area (Å²) in [6, 6.07) is 1.75. The van der Waals surface area contributed by atoms with E-state index >= 15 is 0 Å². The maximum Gasteiger partial charge on any atom is 0.312 e. The number of hydrogen-bond acceptors (Lipinski definition) is 2. The van der Waals surface area contributed by atoms with Crippen molar-refractivity contribution in [3.63, 3.8) is 0 Å². The Balaban J connectivity index is 2.26. The molecule has 1 aliphatic rings. The molecule has 14 heavy (non-hydrogen) atoms. The van der Waals surface area contributed by atoms with Gasteiger partial charge < -0.3 is 11.1 Å². The van der Waals surface area contributed by atoms with Gasteiger partial charge >= 0.3 is 6.03 Å². The molecule has 1 heterocycles. The highest BCUT2D eigenvalue weighted by Crippen LogP contribution is 2.37. The number of amides is 2. The third kappa shape index (κ3) is 1.88. The van der Waals surface area contributed by atoms with Crippen LogP contribution in [-0.2, 0) is 6.42 Å². The summed E-state index contributed by atoms with van der Waals surface area (Å²) in [5.74, 6) is 0. The predicted molar refractivity (Wildman–Crippen MR) is 65.9 cm³/mol. The number of primary amides is 1. The Hall–Kier alpha value is -0.300. The number of carbonyl (C=O) groups is 1. The van der Waals surface area contributed by atoms with Crippen molar-refractivity contribution in [2.24, 2.45) is 5.73 Å². The summed E-state index contributed by atoms with van der Waals surface area (Å²) in [5.41, 5.74) is 6.41. The molecule has 1 aromatic heterocycles. The average molecular weight is 322 g/mol. The summed E-state index contributed by atoms with van der Waals surface area (Å²) >= 11 is 4.14. The number of halogens is 1. The summed E-state index contributed by atoms with van der Waals surface area (Å²) in [6.45, 7) is 0. The summed E-state index contributed by atoms with van der Waals surface area (Å²) in [6.07, 6.45) is 2.23. The van der Waals surface area contributed by atoms with Crippen LogP contribution in [0.4, 0.5) is 4.79 Å². The van der Waals surface area contributed by atoms with E-state index in [1.165, 1.54) is 10.4 Å². The number of hydrogen-bond donors (Lipinski definition) is 2. The van der Waals surface area contributed by atoms with Crippen molar-refractivity contribution in [2.45, 2.75) is 22.8 Å². The molecule has 3 nitrogen and oxygen atoms in total. The molecule has 0 saturated heterocycles. The van der Waals surface area contributed by atoms with E-state index in [1.54, 1.807) is 11.3 Å². The summed E-state index contributed by atoms with van der Waals surface area (Å²) in [4.78, 5) is 12.2. The zero-order valence-electron chi connectivity index (χ0n) is 7.50. The van der Waals surface area contributed by atoms with Crippen molar-refractivity contribution in [3.05, 3.63) is 21.9 Å². The van der Waals surface area contributed by atoms with Crippen LogP contribution >= 0.6 is 33.9 Å². The Morgan fingerprint density at radius 1 is 1.71 bits per heavy atom. The first-order chi connectivity index (χ1) is 6.68. The minimum atomic E-state index is -0.435. The Morgan fingerprint density at radius 2 is 2.50 bits per heavy atom. The van der Waals surface area contributed by atoms with Crippen LogP contribution in [0.3, 0.4) is 0 Å². The van der Waals surface area contributed by atoms with Gasteiger partial charge in [0.15, 0.2) is 0 Å². The number of carbonyl (C=O) groups excluding carboxylic acids is 1. The maximum absolute atomic E-state index is 10.9. The zero-order valence-corrected chi connectivity index (χ0v) is 10.5. The smallest absolute Gasteiger partial charge is 0.312 e. The van der Waals surface area contributed by atoms with Gasteiger partial charge in [-0.3, -0.25) is 0 Å². The monoisotopic (exact) mass is 322 g/mol. The SMILES string of the molecule is NC(=O)NC1c2ccsc2CCC1I. The summed E-state index contributed by atoms with van der Waals surface area (Å²) in [7, 11) is 0. The number of thiophene rings is 1. The van der Waals surface area contributed by atoms with Crippen molar-refractivity contribution in [3.8, 4) is 0 Å². The topological polar surface area (TPSA) is 55.1 Å². The highest BCUT2D eigenvalue weighted by atomic mass is 127. The lowest BCUT2D eigenvalue weighted by Crippen LogP contribution is -2.39. The van der Waals surface area contributed by atoms with Crippen molar-refractivity contribution in [1.82, 2.24) is 5.32 Å². The molecule has 1 aliphatic carbocycles. The van der Waals surface area contributed by atoms with Crippen molar-refractivity contribution < 1.29 is 4.79 Å². The van der Waals surface area contributed by atoms with Gasteiger partial charge in [0.25, 0.3) is 0 Å². The van der Waals surface area contributed by atoms with Crippen LogP contribution in [0.25, 0.3) is 0 Å². The quantitative estimate of drug-likeness (QED) is 0.604. The van der Waals surface area contributed by atoms with E-state index in [0.29, 0.717) is 3.92 Å². The van der Waals surface area contributed by atoms with Gasteiger partial charge in [0.2, 0.25) is 0 Å². The minimum Gasteiger partial charge on any atom is -0.352 e. The van der Waals surface area contributed by atoms with Gasteiger partial charge in [0, 0.05) is 8.80 Å². The average Bonchev–Trinajstić information content (AvgIpc) is 2.57. The van der Waals surface area contributed by atoms with Gasteiger partial charge in [-0.15, -0.1) is 11.3 Å². The first kappa shape index (κ1) is 10.2. The molecular weight excluding hydrogens is 311 g/mol. The second-order valence-corrected chi connectivity index (χ2v) is 5.94. The van der Waals surface area contributed by atoms with Crippen molar-refractivity contribution >= 4 is 40.0 Å². The molecule has 5 heteroatoms. The van der Waals surface area contributed by atoms with Crippen LogP contribution in [0.5, 0.6) is 0 Å². The maximum atomic E-state index is 10.9. The number of alkyl halides is 1. The largest absolute Gasteiger partial charge is 0.352 e. The number of fused-ring (bicyclic) bond motifs is 1. The van der Waals surface area contributed by atoms with E-state index < -0.39 is 6.03 Å². The zero-order chi connectivity index (χ0) is 10.1. The van der Waals surface area contributed by atoms with E-state index in [2.05, 4.69) is 39.4 Å². The van der Waals surface area contributed by atoms with Gasteiger partial charge in [-0.25, -0.2) is 4.79 Å². The van der Waals surface area contributed by atoms with Crippen LogP contribution in [0.15, 0.2) is 11.4 Å². The Kier molecular flexibility index (Phi) is 2.96. The minimum absolute atomic E-state index is 0.100. The molecule has 2 amide bonds. The third-order valence-corrected chi connectivity index (χ3v) is 4.76. The van der Waals surface area contributed by atoms with E-state index in [4.69, 9.17) is 5.73 Å². The number of urea groups is 1. The van der Waals surface area contributed by atoms with Gasteiger partial charge in [-0.05, 0) is 29.9 Å². The van der Waals surface area contributed by atoms with E-state index in [1.807, 2.05) is 0 Å². The first-order valence-electron chi connectivity index (χ1n) is 4.45. The molecule has 0 spiro atoms. The van der Waals surface area contributed by atoms with Crippen molar-refractivity contribution in [1.29, 1.82) is 0 Å². The van der Waals surface area contributed by atoms with Crippen molar-refractivity contribution in [2.75, 3.05) is 0 Å². The molecule has 1 aromatic rings. The number of nitrogens with two attached hydrogens (primary N) is 1. The molecule has 0 fully saturated rings. The summed E-state index contributed by atoms with van der Waals surface area (Å²) < 4.78 is 0.446. The molecule has 76 valence electrons. The highest BCUT2D eigenvalue weighted by Gasteiger charge is 2.29. The van der Waals surface area contributed by atoms with Crippen LogP contribution < -0.4 is 11.1 Å². The Bertz CT molecular complexity index is 352. The van der Waals surface area contributed by atoms with E-state index in [-0.39, 0.29) is 6.04 Å². The lowest BCUT2D eigenvalue weighted by Gasteiger charge is -2.28. The second kappa shape index (κ2) is 4.06. The molecule has 0 radical (unpaired) electrons. The third-order valence-electron chi connectivity index (χ3n) is 2.42. The fraction of sp³-hybridized carbons (Fsp3) is 0.444. The molecule has 2 rings (SSSR count). The fourth-order valence-corrected chi connectivity index (χ4v) is 3.61. The molecule has 0 bridgehead atoms. The molecule has 0 aliphatic heterocycles. The Morgan fingerprint density at radius 3 is 3.21 bits per heavy atom. The highest BCUT2D eigenvalue weighted by molar-refractivity contribution is 14.1. The standard InChI is InChI=1S/C9H11IN2OS/c10-6-1-2-7-5(3-4-14-7)8(6)12-9(11)13/h3-4,6,8H,1-2H2,(H3,11,12,13). The fourth-order valence-electron chi connectivity index (χ4n) is 1.78. The number of aryl methyl sites for hydroxylation is 1. The normalized spacial score (nSPS) is 25.5. The molecular formula is C9H11IN2OS. The summed E-state index contributed by atoms with van der Waals surface area (Å²) in [5, 5.41) is 4.89. The van der Waals surface area contributed by atoms with Crippen LogP contribution in [0.1, 0.15) is 22.9 Å². The Labute approximate surface area is 100 Å². The molecule has 2 atom stereocenters. The van der Waals surface area contributed by atoms with E-state index in [0.717, 1.165) is 12.8 Å². The second-order valence-electron chi connectivity index (χ2n) is 3.34. The first-order valence-corrected chi connectivity index (χ1v) is 6.57. The lowest BCUT2D eigenvalue weighted by molar-refractivity contribution is 0.244. The number of rotatable bonds is 1. The van der Waals surface area contributed by atoms with Gasteiger partial charge in [-0.2, -0.15) is 0 Å². The van der Waals surface area contributed by atoms with Gasteiger partial charge in [0.05, 0.1) is 6.04 Å². The van der Waals surface area contributed by atoms with Crippen LogP contribution in [-0.4, -0.2) is 9.96 Å². The molecule has 3 N–H and O–H groups in total. The van der Waals surface area contributed by atoms with Gasteiger partial charge in [-0.1, -0.05) is 22.6 Å². The molecule has 2 unspecified atom stereocenters. The van der Waals surface area contributed by atoms with E-state index in [9.17, 15) is 4.79 Å². The van der Waals surface area contributed by atoms with Gasteiger partial charge in [0.1, 0.15) is 0 Å². The van der Waals surface area contributed by atoms with Crippen LogP contribution in [0.2, 0.25) is 0 Å².